The molecule has 5 nitrogen and oxygen atoms in total. The first kappa shape index (κ1) is 14.6. The first-order chi connectivity index (χ1) is 10.7. The van der Waals surface area contributed by atoms with Crippen molar-refractivity contribution in [1.29, 1.82) is 0 Å². The van der Waals surface area contributed by atoms with Crippen LogP contribution in [0.15, 0.2) is 42.9 Å². The molecule has 0 radical (unpaired) electrons. The van der Waals surface area contributed by atoms with E-state index in [0.717, 1.165) is 28.3 Å². The van der Waals surface area contributed by atoms with Gasteiger partial charge in [0, 0.05) is 24.3 Å². The minimum atomic E-state index is -0.194. The molecule has 1 amide bonds. The molecular weight excluding hydrogens is 296 g/mol. The van der Waals surface area contributed by atoms with Crippen molar-refractivity contribution in [1.82, 2.24) is 14.4 Å². The third-order valence-corrected chi connectivity index (χ3v) is 3.84. The first-order valence-electron chi connectivity index (χ1n) is 6.87. The summed E-state index contributed by atoms with van der Waals surface area (Å²) in [6.07, 6.45) is 7.42. The number of carbonyl (C=O) groups excluding carboxylic acids is 1. The molecule has 0 aliphatic heterocycles. The van der Waals surface area contributed by atoms with E-state index < -0.39 is 0 Å². The quantitative estimate of drug-likeness (QED) is 0.804. The number of nitrogens with one attached hydrogen (secondary N) is 1. The van der Waals surface area contributed by atoms with Crippen LogP contribution in [-0.4, -0.2) is 26.5 Å². The maximum absolute atomic E-state index is 12.4. The number of anilines is 1. The van der Waals surface area contributed by atoms with Crippen molar-refractivity contribution < 1.29 is 4.79 Å². The summed E-state index contributed by atoms with van der Waals surface area (Å²) in [6, 6.07) is 7.50. The second kappa shape index (κ2) is 6.19. The molecule has 22 heavy (non-hydrogen) atoms. The van der Waals surface area contributed by atoms with Crippen molar-refractivity contribution in [2.24, 2.45) is 0 Å². The molecule has 0 aromatic carbocycles. The van der Waals surface area contributed by atoms with Crippen LogP contribution in [0.2, 0.25) is 0 Å². The van der Waals surface area contributed by atoms with Gasteiger partial charge in [0.25, 0.3) is 5.91 Å². The molecule has 0 fully saturated rings. The second-order valence-electron chi connectivity index (χ2n) is 4.96. The van der Waals surface area contributed by atoms with Gasteiger partial charge in [0.15, 0.2) is 0 Å². The monoisotopic (exact) mass is 312 g/mol. The molecule has 3 heterocycles. The van der Waals surface area contributed by atoms with Gasteiger partial charge in [0.1, 0.15) is 11.3 Å². The van der Waals surface area contributed by atoms with Gasteiger partial charge in [-0.2, -0.15) is 11.8 Å². The molecule has 3 aromatic heterocycles. The Balaban J connectivity index is 1.86. The molecule has 0 aliphatic rings. The van der Waals surface area contributed by atoms with Crippen LogP contribution in [0.3, 0.4) is 0 Å². The highest BCUT2D eigenvalue weighted by Gasteiger charge is 2.13. The Bertz CT molecular complexity index is 828. The SMILES string of the molecule is CSCc1cccnc1C(=O)Nc1ccc2nc(C)cn2c1. The van der Waals surface area contributed by atoms with E-state index in [1.807, 2.05) is 54.2 Å². The summed E-state index contributed by atoms with van der Waals surface area (Å²) in [5, 5.41) is 2.90. The lowest BCUT2D eigenvalue weighted by Crippen LogP contribution is -2.16. The highest BCUT2D eigenvalue weighted by Crippen LogP contribution is 2.16. The number of imidazole rings is 1. The largest absolute Gasteiger partial charge is 0.319 e. The van der Waals surface area contributed by atoms with E-state index in [9.17, 15) is 4.79 Å². The third-order valence-electron chi connectivity index (χ3n) is 3.24. The molecule has 0 bridgehead atoms. The number of thioether (sulfide) groups is 1. The van der Waals surface area contributed by atoms with E-state index in [1.165, 1.54) is 0 Å². The van der Waals surface area contributed by atoms with Crippen LogP contribution < -0.4 is 5.32 Å². The third kappa shape index (κ3) is 2.96. The molecule has 0 spiro atoms. The fraction of sp³-hybridized carbons (Fsp3) is 0.188. The number of hydrogen-bond donors (Lipinski definition) is 1. The Kier molecular flexibility index (Phi) is 4.11. The van der Waals surface area contributed by atoms with E-state index in [4.69, 9.17) is 0 Å². The number of pyridine rings is 2. The van der Waals surface area contributed by atoms with Gasteiger partial charge in [-0.15, -0.1) is 0 Å². The zero-order valence-corrected chi connectivity index (χ0v) is 13.2. The normalized spacial score (nSPS) is 10.8. The minimum Gasteiger partial charge on any atom is -0.319 e. The molecule has 0 aliphatic carbocycles. The number of rotatable bonds is 4. The van der Waals surface area contributed by atoms with Gasteiger partial charge in [0.2, 0.25) is 0 Å². The van der Waals surface area contributed by atoms with Crippen LogP contribution in [0.4, 0.5) is 5.69 Å². The van der Waals surface area contributed by atoms with Crippen molar-refractivity contribution >= 4 is 29.0 Å². The number of aryl methyl sites for hydroxylation is 1. The van der Waals surface area contributed by atoms with Gasteiger partial charge >= 0.3 is 0 Å². The molecule has 3 aromatic rings. The zero-order valence-electron chi connectivity index (χ0n) is 12.4. The maximum atomic E-state index is 12.4. The van der Waals surface area contributed by atoms with E-state index in [2.05, 4.69) is 15.3 Å². The summed E-state index contributed by atoms with van der Waals surface area (Å²) in [6.45, 7) is 1.94. The van der Waals surface area contributed by atoms with E-state index in [-0.39, 0.29) is 5.91 Å². The van der Waals surface area contributed by atoms with Crippen LogP contribution in [0.5, 0.6) is 0 Å². The number of carbonyl (C=O) groups is 1. The van der Waals surface area contributed by atoms with Gasteiger partial charge in [-0.05, 0) is 36.9 Å². The molecule has 1 N–H and O–H groups in total. The lowest BCUT2D eigenvalue weighted by molar-refractivity contribution is 0.102. The van der Waals surface area contributed by atoms with Gasteiger partial charge in [0.05, 0.1) is 11.4 Å². The fourth-order valence-electron chi connectivity index (χ4n) is 2.30. The topological polar surface area (TPSA) is 59.3 Å². The van der Waals surface area contributed by atoms with Crippen LogP contribution in [-0.2, 0) is 5.75 Å². The summed E-state index contributed by atoms with van der Waals surface area (Å²) in [7, 11) is 0. The average Bonchev–Trinajstić information content (AvgIpc) is 2.87. The molecule has 3 rings (SSSR count). The van der Waals surface area contributed by atoms with Gasteiger partial charge in [-0.3, -0.25) is 9.78 Å². The average molecular weight is 312 g/mol. The van der Waals surface area contributed by atoms with Crippen LogP contribution in [0.1, 0.15) is 21.7 Å². The highest BCUT2D eigenvalue weighted by atomic mass is 32.2. The summed E-state index contributed by atoms with van der Waals surface area (Å²) >= 11 is 1.66. The Morgan fingerprint density at radius 1 is 1.32 bits per heavy atom. The summed E-state index contributed by atoms with van der Waals surface area (Å²) < 4.78 is 1.90. The maximum Gasteiger partial charge on any atom is 0.274 e. The van der Waals surface area contributed by atoms with Crippen molar-refractivity contribution in [2.45, 2.75) is 12.7 Å². The number of aromatic nitrogens is 3. The summed E-state index contributed by atoms with van der Waals surface area (Å²) in [4.78, 5) is 21.0. The number of nitrogens with zero attached hydrogens (tertiary/aromatic N) is 3. The fourth-order valence-corrected chi connectivity index (χ4v) is 2.84. The number of fused-ring (bicyclic) bond motifs is 1. The van der Waals surface area contributed by atoms with Crippen LogP contribution in [0.25, 0.3) is 5.65 Å². The van der Waals surface area contributed by atoms with Crippen LogP contribution in [0, 0.1) is 6.92 Å². The Morgan fingerprint density at radius 2 is 2.18 bits per heavy atom. The second-order valence-corrected chi connectivity index (χ2v) is 5.83. The highest BCUT2D eigenvalue weighted by molar-refractivity contribution is 7.97. The number of hydrogen-bond acceptors (Lipinski definition) is 4. The van der Waals surface area contributed by atoms with E-state index >= 15 is 0 Å². The Labute approximate surface area is 132 Å². The lowest BCUT2D eigenvalue weighted by Gasteiger charge is -2.08. The van der Waals surface area contributed by atoms with Crippen molar-refractivity contribution in [3.05, 3.63) is 59.8 Å². The molecule has 0 unspecified atom stereocenters. The molecule has 112 valence electrons. The predicted octanol–water partition coefficient (Wildman–Crippen LogP) is 3.15. The Hall–Kier alpha value is -2.34. The minimum absolute atomic E-state index is 0.194. The van der Waals surface area contributed by atoms with Crippen molar-refractivity contribution in [2.75, 3.05) is 11.6 Å². The van der Waals surface area contributed by atoms with E-state index in [0.29, 0.717) is 5.69 Å². The van der Waals surface area contributed by atoms with Crippen LogP contribution >= 0.6 is 11.8 Å². The van der Waals surface area contributed by atoms with E-state index in [1.54, 1.807) is 18.0 Å². The first-order valence-corrected chi connectivity index (χ1v) is 8.26. The smallest absolute Gasteiger partial charge is 0.274 e. The number of amides is 1. The molecule has 6 heteroatoms. The standard InChI is InChI=1S/C16H16N4OS/c1-11-8-20-9-13(5-6-14(20)18-11)19-16(21)15-12(10-22-2)4-3-7-17-15/h3-9H,10H2,1-2H3,(H,19,21). The van der Waals surface area contributed by atoms with Gasteiger partial charge in [-0.25, -0.2) is 4.98 Å². The molecule has 0 atom stereocenters. The zero-order chi connectivity index (χ0) is 15.5. The van der Waals surface area contributed by atoms with Crippen molar-refractivity contribution in [3.63, 3.8) is 0 Å². The summed E-state index contributed by atoms with van der Waals surface area (Å²) in [5.74, 6) is 0.567. The van der Waals surface area contributed by atoms with Gasteiger partial charge in [-0.1, -0.05) is 6.07 Å². The van der Waals surface area contributed by atoms with Gasteiger partial charge < -0.3 is 9.72 Å². The molecule has 0 saturated heterocycles. The molecular formula is C16H16N4OS. The summed E-state index contributed by atoms with van der Waals surface area (Å²) in [5.41, 5.74) is 3.92. The van der Waals surface area contributed by atoms with Crippen molar-refractivity contribution in [3.8, 4) is 0 Å². The predicted molar refractivity (Wildman–Crippen MR) is 89.3 cm³/mol. The molecule has 0 saturated carbocycles. The Morgan fingerprint density at radius 3 is 3.00 bits per heavy atom. The lowest BCUT2D eigenvalue weighted by atomic mass is 10.2.